The molecule has 0 saturated carbocycles. The Morgan fingerprint density at radius 2 is 2.19 bits per heavy atom. The van der Waals surface area contributed by atoms with Gasteiger partial charge in [-0.2, -0.15) is 0 Å². The second-order valence-electron chi connectivity index (χ2n) is 4.93. The number of likely N-dealkylation sites (tertiary alicyclic amines) is 1. The molecule has 2 rings (SSSR count). The first-order valence-corrected chi connectivity index (χ1v) is 7.58. The van der Waals surface area contributed by atoms with Gasteiger partial charge in [-0.3, -0.25) is 4.79 Å². The Morgan fingerprint density at radius 1 is 1.43 bits per heavy atom. The summed E-state index contributed by atoms with van der Waals surface area (Å²) in [6, 6.07) is 2.78. The summed E-state index contributed by atoms with van der Waals surface area (Å²) in [5.74, 6) is -0.524. The van der Waals surface area contributed by atoms with Crippen LogP contribution in [0.4, 0.5) is 0 Å². The van der Waals surface area contributed by atoms with Crippen molar-refractivity contribution in [2.75, 3.05) is 13.2 Å². The largest absolute Gasteiger partial charge is 0.464 e. The third-order valence-corrected chi connectivity index (χ3v) is 3.72. The van der Waals surface area contributed by atoms with Gasteiger partial charge in [0.05, 0.1) is 6.61 Å². The van der Waals surface area contributed by atoms with E-state index in [1.54, 1.807) is 24.0 Å². The van der Waals surface area contributed by atoms with Crippen molar-refractivity contribution in [3.63, 3.8) is 0 Å². The fourth-order valence-corrected chi connectivity index (χ4v) is 2.74. The van der Waals surface area contributed by atoms with Crippen LogP contribution in [0.25, 0.3) is 0 Å². The van der Waals surface area contributed by atoms with Crippen molar-refractivity contribution >= 4 is 23.5 Å². The molecule has 21 heavy (non-hydrogen) atoms. The standard InChI is InChI=1S/C15H19ClN2O3/c1-3-11-8-10(9-13(16)17-11)14(19)18-7-5-6-12(18)15(20)21-4-2/h8-9,12H,3-7H2,1-2H3. The predicted molar refractivity (Wildman–Crippen MR) is 79.3 cm³/mol. The number of esters is 1. The molecule has 2 heterocycles. The van der Waals surface area contributed by atoms with Gasteiger partial charge in [-0.05, 0) is 38.3 Å². The van der Waals surface area contributed by atoms with Crippen LogP contribution in [0.15, 0.2) is 12.1 Å². The minimum atomic E-state index is -0.491. The highest BCUT2D eigenvalue weighted by Crippen LogP contribution is 2.22. The molecule has 6 heteroatoms. The Kier molecular flexibility index (Phi) is 5.17. The van der Waals surface area contributed by atoms with Crippen molar-refractivity contribution in [1.29, 1.82) is 0 Å². The van der Waals surface area contributed by atoms with Gasteiger partial charge in [0.15, 0.2) is 0 Å². The maximum absolute atomic E-state index is 12.6. The first kappa shape index (κ1) is 15.8. The van der Waals surface area contributed by atoms with E-state index >= 15 is 0 Å². The van der Waals surface area contributed by atoms with Gasteiger partial charge in [0.2, 0.25) is 0 Å². The lowest BCUT2D eigenvalue weighted by atomic mass is 10.1. The smallest absolute Gasteiger partial charge is 0.328 e. The van der Waals surface area contributed by atoms with E-state index in [4.69, 9.17) is 16.3 Å². The maximum Gasteiger partial charge on any atom is 0.328 e. The van der Waals surface area contributed by atoms with Gasteiger partial charge in [-0.25, -0.2) is 9.78 Å². The second-order valence-corrected chi connectivity index (χ2v) is 5.32. The molecule has 1 aliphatic rings. The number of pyridine rings is 1. The highest BCUT2D eigenvalue weighted by atomic mass is 35.5. The lowest BCUT2D eigenvalue weighted by molar-refractivity contribution is -0.147. The monoisotopic (exact) mass is 310 g/mol. The van der Waals surface area contributed by atoms with E-state index in [-0.39, 0.29) is 11.9 Å². The molecule has 114 valence electrons. The van der Waals surface area contributed by atoms with Gasteiger partial charge in [-0.1, -0.05) is 18.5 Å². The number of hydrogen-bond acceptors (Lipinski definition) is 4. The van der Waals surface area contributed by atoms with E-state index in [9.17, 15) is 9.59 Å². The topological polar surface area (TPSA) is 59.5 Å². The minimum absolute atomic E-state index is 0.190. The Hall–Kier alpha value is -1.62. The second kappa shape index (κ2) is 6.89. The van der Waals surface area contributed by atoms with Crippen molar-refractivity contribution < 1.29 is 14.3 Å². The van der Waals surface area contributed by atoms with Crippen LogP contribution in [0.2, 0.25) is 5.15 Å². The number of aromatic nitrogens is 1. The van der Waals surface area contributed by atoms with Gasteiger partial charge in [0, 0.05) is 17.8 Å². The number of carbonyl (C=O) groups is 2. The molecule has 1 amide bonds. The highest BCUT2D eigenvalue weighted by molar-refractivity contribution is 6.29. The van der Waals surface area contributed by atoms with E-state index in [0.717, 1.165) is 12.1 Å². The van der Waals surface area contributed by atoms with Crippen molar-refractivity contribution in [3.8, 4) is 0 Å². The molecule has 0 bridgehead atoms. The SMILES string of the molecule is CCOC(=O)C1CCCN1C(=O)c1cc(Cl)nc(CC)c1. The van der Waals surface area contributed by atoms with Gasteiger partial charge in [0.1, 0.15) is 11.2 Å². The predicted octanol–water partition coefficient (Wildman–Crippen LogP) is 2.47. The molecule has 5 nitrogen and oxygen atoms in total. The van der Waals surface area contributed by atoms with Crippen molar-refractivity contribution in [1.82, 2.24) is 9.88 Å². The lowest BCUT2D eigenvalue weighted by Gasteiger charge is -2.23. The molecule has 1 fully saturated rings. The van der Waals surface area contributed by atoms with E-state index in [1.807, 2.05) is 6.92 Å². The summed E-state index contributed by atoms with van der Waals surface area (Å²) in [6.07, 6.45) is 2.14. The maximum atomic E-state index is 12.6. The quantitative estimate of drug-likeness (QED) is 0.633. The molecule has 1 aliphatic heterocycles. The van der Waals surface area contributed by atoms with Gasteiger partial charge < -0.3 is 9.64 Å². The fraction of sp³-hybridized carbons (Fsp3) is 0.533. The molecular formula is C15H19ClN2O3. The van der Waals surface area contributed by atoms with Crippen LogP contribution in [-0.2, 0) is 16.0 Å². The molecule has 0 aromatic carbocycles. The number of nitrogens with zero attached hydrogens (tertiary/aromatic N) is 2. The number of carbonyl (C=O) groups excluding carboxylic acids is 2. The van der Waals surface area contributed by atoms with E-state index < -0.39 is 6.04 Å². The summed E-state index contributed by atoms with van der Waals surface area (Å²) in [5, 5.41) is 0.296. The minimum Gasteiger partial charge on any atom is -0.464 e. The zero-order valence-electron chi connectivity index (χ0n) is 12.3. The van der Waals surface area contributed by atoms with Crippen LogP contribution in [0.5, 0.6) is 0 Å². The molecule has 1 aromatic heterocycles. The summed E-state index contributed by atoms with van der Waals surface area (Å²) in [4.78, 5) is 30.3. The molecule has 0 radical (unpaired) electrons. The number of hydrogen-bond donors (Lipinski definition) is 0. The van der Waals surface area contributed by atoms with Crippen LogP contribution in [0, 0.1) is 0 Å². The fourth-order valence-electron chi connectivity index (χ4n) is 2.51. The number of halogens is 1. The van der Waals surface area contributed by atoms with Gasteiger partial charge >= 0.3 is 5.97 Å². The Balaban J connectivity index is 2.22. The third kappa shape index (κ3) is 3.53. The summed E-state index contributed by atoms with van der Waals surface area (Å²) < 4.78 is 5.04. The lowest BCUT2D eigenvalue weighted by Crippen LogP contribution is -2.41. The molecule has 0 N–H and O–H groups in total. The molecule has 1 atom stereocenters. The summed E-state index contributed by atoms with van der Waals surface area (Å²) >= 11 is 5.95. The van der Waals surface area contributed by atoms with E-state index in [1.165, 1.54) is 0 Å². The third-order valence-electron chi connectivity index (χ3n) is 3.53. The molecule has 0 aliphatic carbocycles. The van der Waals surface area contributed by atoms with Crippen LogP contribution in [0.1, 0.15) is 42.7 Å². The van der Waals surface area contributed by atoms with E-state index in [2.05, 4.69) is 4.98 Å². The summed E-state index contributed by atoms with van der Waals surface area (Å²) in [7, 11) is 0. The Bertz CT molecular complexity index is 548. The molecule has 1 unspecified atom stereocenters. The van der Waals surface area contributed by atoms with Crippen molar-refractivity contribution in [2.24, 2.45) is 0 Å². The average molecular weight is 311 g/mol. The summed E-state index contributed by atoms with van der Waals surface area (Å²) in [6.45, 7) is 4.58. The summed E-state index contributed by atoms with van der Waals surface area (Å²) in [5.41, 5.74) is 1.24. The first-order valence-electron chi connectivity index (χ1n) is 7.20. The number of rotatable bonds is 4. The van der Waals surface area contributed by atoms with Gasteiger partial charge in [-0.15, -0.1) is 0 Å². The van der Waals surface area contributed by atoms with E-state index in [0.29, 0.717) is 36.7 Å². The molecule has 1 aromatic rings. The van der Waals surface area contributed by atoms with Crippen LogP contribution >= 0.6 is 11.6 Å². The zero-order chi connectivity index (χ0) is 15.4. The van der Waals surface area contributed by atoms with Crippen LogP contribution in [0.3, 0.4) is 0 Å². The van der Waals surface area contributed by atoms with Crippen LogP contribution < -0.4 is 0 Å². The number of amides is 1. The Labute approximate surface area is 129 Å². The van der Waals surface area contributed by atoms with Crippen LogP contribution in [-0.4, -0.2) is 41.0 Å². The zero-order valence-corrected chi connectivity index (χ0v) is 13.0. The number of ether oxygens (including phenoxy) is 1. The molecule has 0 spiro atoms. The molecular weight excluding hydrogens is 292 g/mol. The number of aryl methyl sites for hydroxylation is 1. The first-order chi connectivity index (χ1) is 10.1. The van der Waals surface area contributed by atoms with Crippen molar-refractivity contribution in [2.45, 2.75) is 39.2 Å². The normalized spacial score (nSPS) is 17.9. The average Bonchev–Trinajstić information content (AvgIpc) is 2.95. The highest BCUT2D eigenvalue weighted by Gasteiger charge is 2.35. The van der Waals surface area contributed by atoms with Crippen molar-refractivity contribution in [3.05, 3.63) is 28.5 Å². The van der Waals surface area contributed by atoms with Gasteiger partial charge in [0.25, 0.3) is 5.91 Å². The Morgan fingerprint density at radius 3 is 2.86 bits per heavy atom. The molecule has 1 saturated heterocycles.